The van der Waals surface area contributed by atoms with E-state index in [1.807, 2.05) is 19.1 Å². The fourth-order valence-corrected chi connectivity index (χ4v) is 3.48. The Bertz CT molecular complexity index is 706. The first-order valence-electron chi connectivity index (χ1n) is 8.12. The first-order chi connectivity index (χ1) is 11.5. The lowest BCUT2D eigenvalue weighted by Gasteiger charge is -2.28. The molecular weight excluding hydrogens is 324 g/mol. The van der Waals surface area contributed by atoms with E-state index in [1.165, 1.54) is 11.3 Å². The number of hydrogen-bond acceptors (Lipinski definition) is 6. The number of morpholine rings is 1. The predicted octanol–water partition coefficient (Wildman–Crippen LogP) is 3.06. The highest BCUT2D eigenvalue weighted by atomic mass is 32.1. The van der Waals surface area contributed by atoms with Gasteiger partial charge in [-0.2, -0.15) is 0 Å². The van der Waals surface area contributed by atoms with Crippen molar-refractivity contribution in [2.75, 3.05) is 36.5 Å². The molecule has 0 bridgehead atoms. The predicted molar refractivity (Wildman–Crippen MR) is 96.2 cm³/mol. The Morgan fingerprint density at radius 3 is 2.67 bits per heavy atom. The third kappa shape index (κ3) is 3.73. The van der Waals surface area contributed by atoms with Crippen molar-refractivity contribution >= 4 is 28.7 Å². The standard InChI is InChI=1S/C17H22N4O2S/c1-11(2)17-19-12(3)15(24-17)16(22)20-14-5-4-13(10-18-14)21-6-8-23-9-7-21/h4-5,10-11H,6-9H2,1-3H3,(H,18,20,22). The van der Waals surface area contributed by atoms with E-state index in [0.717, 1.165) is 42.7 Å². The van der Waals surface area contributed by atoms with E-state index in [2.05, 4.69) is 34.0 Å². The lowest BCUT2D eigenvalue weighted by molar-refractivity contribution is 0.102. The molecular formula is C17H22N4O2S. The fraction of sp³-hybridized carbons (Fsp3) is 0.471. The smallest absolute Gasteiger partial charge is 0.268 e. The Hall–Kier alpha value is -1.99. The molecule has 7 heteroatoms. The molecule has 0 saturated carbocycles. The average Bonchev–Trinajstić information content (AvgIpc) is 2.99. The molecule has 0 aromatic carbocycles. The van der Waals surface area contributed by atoms with E-state index in [4.69, 9.17) is 4.74 Å². The lowest BCUT2D eigenvalue weighted by Crippen LogP contribution is -2.36. The second-order valence-electron chi connectivity index (χ2n) is 6.08. The molecule has 1 aliphatic rings. The van der Waals surface area contributed by atoms with Crippen LogP contribution in [0.2, 0.25) is 0 Å². The van der Waals surface area contributed by atoms with Gasteiger partial charge in [0.1, 0.15) is 10.7 Å². The summed E-state index contributed by atoms with van der Waals surface area (Å²) in [6, 6.07) is 3.81. The number of anilines is 2. The number of aromatic nitrogens is 2. The monoisotopic (exact) mass is 346 g/mol. The van der Waals surface area contributed by atoms with Crippen LogP contribution in [0, 0.1) is 6.92 Å². The lowest BCUT2D eigenvalue weighted by atomic mass is 10.2. The third-order valence-corrected chi connectivity index (χ3v) is 5.34. The van der Waals surface area contributed by atoms with E-state index in [1.54, 1.807) is 6.20 Å². The topological polar surface area (TPSA) is 67.4 Å². The van der Waals surface area contributed by atoms with Gasteiger partial charge >= 0.3 is 0 Å². The number of hydrogen-bond donors (Lipinski definition) is 1. The summed E-state index contributed by atoms with van der Waals surface area (Å²) in [5.41, 5.74) is 1.82. The second-order valence-corrected chi connectivity index (χ2v) is 7.11. The normalized spacial score (nSPS) is 14.9. The molecule has 2 aromatic rings. The number of carbonyl (C=O) groups is 1. The molecule has 1 amide bonds. The SMILES string of the molecule is Cc1nc(C(C)C)sc1C(=O)Nc1ccc(N2CCOCC2)cn1. The van der Waals surface area contributed by atoms with Gasteiger partial charge in [-0.1, -0.05) is 13.8 Å². The molecule has 24 heavy (non-hydrogen) atoms. The number of amides is 1. The van der Waals surface area contributed by atoms with Crippen molar-refractivity contribution in [2.24, 2.45) is 0 Å². The van der Waals surface area contributed by atoms with Gasteiger partial charge in [-0.05, 0) is 19.1 Å². The number of pyridine rings is 1. The zero-order valence-electron chi connectivity index (χ0n) is 14.2. The summed E-state index contributed by atoms with van der Waals surface area (Å²) in [5, 5.41) is 3.84. The Kier molecular flexibility index (Phi) is 5.11. The summed E-state index contributed by atoms with van der Waals surface area (Å²) >= 11 is 1.45. The molecule has 0 spiro atoms. The summed E-state index contributed by atoms with van der Waals surface area (Å²) in [4.78, 5) is 24.2. The number of aryl methyl sites for hydroxylation is 1. The number of nitrogens with zero attached hydrogens (tertiary/aromatic N) is 3. The molecule has 1 aliphatic heterocycles. The average molecular weight is 346 g/mol. The maximum absolute atomic E-state index is 12.4. The molecule has 128 valence electrons. The number of thiazole rings is 1. The largest absolute Gasteiger partial charge is 0.378 e. The summed E-state index contributed by atoms with van der Waals surface area (Å²) in [5.74, 6) is 0.723. The van der Waals surface area contributed by atoms with Crippen LogP contribution in [-0.4, -0.2) is 42.2 Å². The number of nitrogens with one attached hydrogen (secondary N) is 1. The van der Waals surface area contributed by atoms with E-state index >= 15 is 0 Å². The van der Waals surface area contributed by atoms with Gasteiger partial charge < -0.3 is 15.0 Å². The molecule has 0 unspecified atom stereocenters. The van der Waals surface area contributed by atoms with Crippen molar-refractivity contribution in [1.82, 2.24) is 9.97 Å². The fourth-order valence-electron chi connectivity index (χ4n) is 2.52. The zero-order valence-corrected chi connectivity index (χ0v) is 15.0. The summed E-state index contributed by atoms with van der Waals surface area (Å²) in [6.07, 6.45) is 1.79. The second kappa shape index (κ2) is 7.27. The first-order valence-corrected chi connectivity index (χ1v) is 8.93. The van der Waals surface area contributed by atoms with Crippen molar-refractivity contribution in [3.05, 3.63) is 33.9 Å². The van der Waals surface area contributed by atoms with Crippen LogP contribution in [0.4, 0.5) is 11.5 Å². The summed E-state index contributed by atoms with van der Waals surface area (Å²) in [7, 11) is 0. The van der Waals surface area contributed by atoms with Crippen LogP contribution in [0.1, 0.15) is 40.1 Å². The van der Waals surface area contributed by atoms with Crippen molar-refractivity contribution < 1.29 is 9.53 Å². The van der Waals surface area contributed by atoms with Crippen molar-refractivity contribution in [3.63, 3.8) is 0 Å². The number of carbonyl (C=O) groups excluding carboxylic acids is 1. The minimum absolute atomic E-state index is 0.150. The van der Waals surface area contributed by atoms with Gasteiger partial charge in [-0.15, -0.1) is 11.3 Å². The molecule has 0 atom stereocenters. The highest BCUT2D eigenvalue weighted by Gasteiger charge is 2.17. The van der Waals surface area contributed by atoms with Crippen LogP contribution in [-0.2, 0) is 4.74 Å². The molecule has 0 aliphatic carbocycles. The van der Waals surface area contributed by atoms with Crippen LogP contribution in [0.15, 0.2) is 18.3 Å². The van der Waals surface area contributed by atoms with Gasteiger partial charge in [0.25, 0.3) is 5.91 Å². The van der Waals surface area contributed by atoms with E-state index in [-0.39, 0.29) is 5.91 Å². The first kappa shape index (κ1) is 16.9. The van der Waals surface area contributed by atoms with Gasteiger partial charge in [-0.3, -0.25) is 4.79 Å². The Labute approximate surface area is 145 Å². The van der Waals surface area contributed by atoms with Gasteiger partial charge in [0.05, 0.1) is 35.8 Å². The summed E-state index contributed by atoms with van der Waals surface area (Å²) in [6.45, 7) is 9.23. The molecule has 6 nitrogen and oxygen atoms in total. The zero-order chi connectivity index (χ0) is 17.1. The van der Waals surface area contributed by atoms with Crippen molar-refractivity contribution in [3.8, 4) is 0 Å². The van der Waals surface area contributed by atoms with Gasteiger partial charge in [0.2, 0.25) is 0 Å². The van der Waals surface area contributed by atoms with Gasteiger partial charge in [-0.25, -0.2) is 9.97 Å². The van der Waals surface area contributed by atoms with Crippen LogP contribution >= 0.6 is 11.3 Å². The van der Waals surface area contributed by atoms with E-state index in [0.29, 0.717) is 16.6 Å². The molecule has 1 N–H and O–H groups in total. The van der Waals surface area contributed by atoms with Gasteiger partial charge in [0, 0.05) is 19.0 Å². The van der Waals surface area contributed by atoms with Crippen LogP contribution in [0.25, 0.3) is 0 Å². The molecule has 3 heterocycles. The Balaban J connectivity index is 1.68. The maximum Gasteiger partial charge on any atom is 0.268 e. The van der Waals surface area contributed by atoms with E-state index < -0.39 is 0 Å². The third-order valence-electron chi connectivity index (χ3n) is 3.88. The Morgan fingerprint density at radius 1 is 1.33 bits per heavy atom. The highest BCUT2D eigenvalue weighted by Crippen LogP contribution is 2.25. The van der Waals surface area contributed by atoms with Gasteiger partial charge in [0.15, 0.2) is 0 Å². The minimum atomic E-state index is -0.150. The minimum Gasteiger partial charge on any atom is -0.378 e. The Morgan fingerprint density at radius 2 is 2.08 bits per heavy atom. The molecule has 0 radical (unpaired) electrons. The number of ether oxygens (including phenoxy) is 1. The molecule has 2 aromatic heterocycles. The van der Waals surface area contributed by atoms with Crippen molar-refractivity contribution in [1.29, 1.82) is 0 Å². The maximum atomic E-state index is 12.4. The summed E-state index contributed by atoms with van der Waals surface area (Å²) < 4.78 is 5.35. The number of rotatable bonds is 4. The van der Waals surface area contributed by atoms with Crippen LogP contribution in [0.5, 0.6) is 0 Å². The highest BCUT2D eigenvalue weighted by molar-refractivity contribution is 7.14. The molecule has 1 fully saturated rings. The van der Waals surface area contributed by atoms with E-state index in [9.17, 15) is 4.79 Å². The quantitative estimate of drug-likeness (QED) is 0.921. The molecule has 1 saturated heterocycles. The van der Waals surface area contributed by atoms with Crippen molar-refractivity contribution in [2.45, 2.75) is 26.7 Å². The van der Waals surface area contributed by atoms with Crippen LogP contribution < -0.4 is 10.2 Å². The van der Waals surface area contributed by atoms with Crippen LogP contribution in [0.3, 0.4) is 0 Å². The molecule has 3 rings (SSSR count).